The van der Waals surface area contributed by atoms with Crippen molar-refractivity contribution in [2.75, 3.05) is 13.3 Å². The fraction of sp³-hybridized carbons (Fsp3) is 0.294. The summed E-state index contributed by atoms with van der Waals surface area (Å²) in [6, 6.07) is 8.76. The third-order valence-electron chi connectivity index (χ3n) is 4.35. The minimum Gasteiger partial charge on any atom is -0.345 e. The molecule has 0 spiro atoms. The average Bonchev–Trinajstić information content (AvgIpc) is 3.03. The number of hydrogen-bond donors (Lipinski definition) is 2. The quantitative estimate of drug-likeness (QED) is 0.859. The highest BCUT2D eigenvalue weighted by atomic mass is 32.2. The Morgan fingerprint density at radius 1 is 1.28 bits per heavy atom. The molecule has 1 aromatic carbocycles. The number of amides is 1. The summed E-state index contributed by atoms with van der Waals surface area (Å²) in [6.07, 6.45) is 1.45. The summed E-state index contributed by atoms with van der Waals surface area (Å²) in [5.41, 5.74) is 1.06. The molecule has 1 saturated heterocycles. The zero-order valence-electron chi connectivity index (χ0n) is 14.2. The summed E-state index contributed by atoms with van der Waals surface area (Å²) >= 11 is 1.49. The largest absolute Gasteiger partial charge is 0.345 e. The lowest BCUT2D eigenvalue weighted by molar-refractivity contribution is -0.129. The smallest absolute Gasteiger partial charge is 0.231 e. The van der Waals surface area contributed by atoms with Crippen LogP contribution in [0.3, 0.4) is 0 Å². The number of carbonyl (C=O) groups excluding carboxylic acids is 1. The van der Waals surface area contributed by atoms with E-state index in [1.165, 1.54) is 22.5 Å². The van der Waals surface area contributed by atoms with Crippen molar-refractivity contribution in [3.63, 3.8) is 0 Å². The third kappa shape index (κ3) is 3.32. The van der Waals surface area contributed by atoms with Crippen molar-refractivity contribution in [3.8, 4) is 11.1 Å². The summed E-state index contributed by atoms with van der Waals surface area (Å²) < 4.78 is 23.5. The lowest BCUT2D eigenvalue weighted by Gasteiger charge is -2.38. The molecule has 2 aromatic rings. The van der Waals surface area contributed by atoms with E-state index in [-0.39, 0.29) is 23.2 Å². The van der Waals surface area contributed by atoms with Crippen LogP contribution in [0.25, 0.3) is 11.1 Å². The van der Waals surface area contributed by atoms with Gasteiger partial charge in [-0.2, -0.15) is 0 Å². The van der Waals surface area contributed by atoms with E-state index in [0.29, 0.717) is 0 Å². The Hall–Kier alpha value is -2.19. The second-order valence-corrected chi connectivity index (χ2v) is 9.36. The number of rotatable bonds is 3. The van der Waals surface area contributed by atoms with E-state index in [1.807, 2.05) is 24.4 Å². The maximum atomic E-state index is 12.1. The predicted octanol–water partition coefficient (Wildman–Crippen LogP) is 2.42. The van der Waals surface area contributed by atoms with Gasteiger partial charge in [0, 0.05) is 18.2 Å². The molecule has 1 amide bonds. The van der Waals surface area contributed by atoms with E-state index >= 15 is 0 Å². The maximum absolute atomic E-state index is 12.1. The molecule has 1 atom stereocenters. The van der Waals surface area contributed by atoms with Gasteiger partial charge in [-0.3, -0.25) is 15.1 Å². The SMILES string of the molecule is CN1C(=N)N[C@](C)(c2cc(-c3cccc(S(C)(=O)=O)c3)cs2)CC1=O. The van der Waals surface area contributed by atoms with Crippen LogP contribution < -0.4 is 5.32 Å². The van der Waals surface area contributed by atoms with Crippen LogP contribution in [0.1, 0.15) is 18.2 Å². The van der Waals surface area contributed by atoms with Crippen LogP contribution in [0.15, 0.2) is 40.6 Å². The average molecular weight is 377 g/mol. The van der Waals surface area contributed by atoms with E-state index in [9.17, 15) is 13.2 Å². The molecule has 1 aromatic heterocycles. The second kappa shape index (κ2) is 5.96. The van der Waals surface area contributed by atoms with E-state index < -0.39 is 15.4 Å². The highest BCUT2D eigenvalue weighted by Crippen LogP contribution is 2.36. The van der Waals surface area contributed by atoms with Gasteiger partial charge in [0.2, 0.25) is 5.91 Å². The van der Waals surface area contributed by atoms with Crippen molar-refractivity contribution < 1.29 is 13.2 Å². The van der Waals surface area contributed by atoms with Crippen molar-refractivity contribution in [1.82, 2.24) is 10.2 Å². The fourth-order valence-electron chi connectivity index (χ4n) is 2.77. The number of guanidine groups is 1. The van der Waals surface area contributed by atoms with Gasteiger partial charge in [-0.25, -0.2) is 8.42 Å². The Morgan fingerprint density at radius 2 is 2.00 bits per heavy atom. The number of carbonyl (C=O) groups is 1. The van der Waals surface area contributed by atoms with Gasteiger partial charge in [0.15, 0.2) is 15.8 Å². The molecular formula is C17H19N3O3S2. The topological polar surface area (TPSA) is 90.3 Å². The molecule has 8 heteroatoms. The first-order chi connectivity index (χ1) is 11.6. The van der Waals surface area contributed by atoms with Crippen LogP contribution in [0.2, 0.25) is 0 Å². The number of nitrogens with one attached hydrogen (secondary N) is 2. The van der Waals surface area contributed by atoms with Crippen LogP contribution >= 0.6 is 11.3 Å². The molecule has 0 unspecified atom stereocenters. The van der Waals surface area contributed by atoms with Gasteiger partial charge < -0.3 is 5.32 Å². The van der Waals surface area contributed by atoms with Gasteiger partial charge >= 0.3 is 0 Å². The van der Waals surface area contributed by atoms with Gasteiger partial charge in [0.25, 0.3) is 0 Å². The third-order valence-corrected chi connectivity index (χ3v) is 6.65. The van der Waals surface area contributed by atoms with Gasteiger partial charge in [-0.05, 0) is 41.6 Å². The number of hydrogen-bond acceptors (Lipinski definition) is 5. The summed E-state index contributed by atoms with van der Waals surface area (Å²) in [5, 5.41) is 13.0. The van der Waals surface area contributed by atoms with Crippen LogP contribution in [-0.2, 0) is 20.2 Å². The number of benzene rings is 1. The minimum atomic E-state index is -3.27. The van der Waals surface area contributed by atoms with Crippen LogP contribution in [0.4, 0.5) is 0 Å². The number of nitrogens with zero attached hydrogens (tertiary/aromatic N) is 1. The van der Waals surface area contributed by atoms with Crippen LogP contribution in [-0.4, -0.2) is 38.5 Å². The number of thiophene rings is 1. The Bertz CT molecular complexity index is 945. The van der Waals surface area contributed by atoms with Gasteiger partial charge in [0.05, 0.1) is 16.9 Å². The Balaban J connectivity index is 1.96. The molecule has 1 fully saturated rings. The van der Waals surface area contributed by atoms with Crippen LogP contribution in [0.5, 0.6) is 0 Å². The summed E-state index contributed by atoms with van der Waals surface area (Å²) in [6.45, 7) is 1.90. The molecule has 25 heavy (non-hydrogen) atoms. The van der Waals surface area contributed by atoms with Gasteiger partial charge in [0.1, 0.15) is 0 Å². The molecule has 2 heterocycles. The minimum absolute atomic E-state index is 0.0766. The predicted molar refractivity (Wildman–Crippen MR) is 98.5 cm³/mol. The molecule has 0 aliphatic carbocycles. The van der Waals surface area contributed by atoms with Crippen molar-refractivity contribution in [1.29, 1.82) is 5.41 Å². The summed E-state index contributed by atoms with van der Waals surface area (Å²) in [7, 11) is -1.69. The van der Waals surface area contributed by atoms with E-state index in [2.05, 4.69) is 5.32 Å². The second-order valence-electron chi connectivity index (χ2n) is 6.43. The Labute approximate surface area is 150 Å². The molecular weight excluding hydrogens is 358 g/mol. The zero-order chi connectivity index (χ0) is 18.4. The monoisotopic (exact) mass is 377 g/mol. The lowest BCUT2D eigenvalue weighted by Crippen LogP contribution is -2.57. The molecule has 3 rings (SSSR count). The van der Waals surface area contributed by atoms with Crippen molar-refractivity contribution in [2.45, 2.75) is 23.8 Å². The van der Waals surface area contributed by atoms with Crippen LogP contribution in [0, 0.1) is 5.41 Å². The van der Waals surface area contributed by atoms with Crippen molar-refractivity contribution in [3.05, 3.63) is 40.6 Å². The molecule has 0 bridgehead atoms. The highest BCUT2D eigenvalue weighted by molar-refractivity contribution is 7.90. The molecule has 2 N–H and O–H groups in total. The molecule has 132 valence electrons. The van der Waals surface area contributed by atoms with Crippen molar-refractivity contribution >= 4 is 33.0 Å². The molecule has 1 aliphatic heterocycles. The number of sulfone groups is 1. The van der Waals surface area contributed by atoms with Crippen molar-refractivity contribution in [2.24, 2.45) is 0 Å². The first kappa shape index (κ1) is 17.6. The molecule has 6 nitrogen and oxygen atoms in total. The van der Waals surface area contributed by atoms with E-state index in [4.69, 9.17) is 5.41 Å². The molecule has 0 radical (unpaired) electrons. The molecule has 1 aliphatic rings. The zero-order valence-corrected chi connectivity index (χ0v) is 15.8. The first-order valence-electron chi connectivity index (χ1n) is 7.63. The van der Waals surface area contributed by atoms with E-state index in [1.54, 1.807) is 25.2 Å². The maximum Gasteiger partial charge on any atom is 0.231 e. The Kier molecular flexibility index (Phi) is 4.20. The lowest BCUT2D eigenvalue weighted by atomic mass is 9.92. The first-order valence-corrected chi connectivity index (χ1v) is 10.4. The van der Waals surface area contributed by atoms with E-state index in [0.717, 1.165) is 16.0 Å². The summed E-state index contributed by atoms with van der Waals surface area (Å²) in [4.78, 5) is 14.6. The standard InChI is InChI=1S/C17H19N3O3S2/c1-17(9-15(21)20(2)16(18)19-17)14-8-12(10-24-14)11-5-4-6-13(7-11)25(3,22)23/h4-8,10H,9H2,1-3H3,(H2,18,19)/t17-/m0/s1. The normalized spacial score (nSPS) is 21.3. The molecule has 0 saturated carbocycles. The highest BCUT2D eigenvalue weighted by Gasteiger charge is 2.38. The Morgan fingerprint density at radius 3 is 2.64 bits per heavy atom. The summed E-state index contributed by atoms with van der Waals surface area (Å²) in [5.74, 6) is -0.0342. The van der Waals surface area contributed by atoms with Gasteiger partial charge in [-0.1, -0.05) is 12.1 Å². The fourth-order valence-corrected chi connectivity index (χ4v) is 4.47. The van der Waals surface area contributed by atoms with Gasteiger partial charge in [-0.15, -0.1) is 11.3 Å².